The Hall–Kier alpha value is -3.72. The maximum Gasteiger partial charge on any atom is 0.292 e. The van der Waals surface area contributed by atoms with Crippen molar-refractivity contribution in [2.24, 2.45) is 0 Å². The van der Waals surface area contributed by atoms with Crippen LogP contribution in [0.4, 0.5) is 11.4 Å². The second-order valence-electron chi connectivity index (χ2n) is 7.43. The molecule has 1 aliphatic rings. The van der Waals surface area contributed by atoms with Gasteiger partial charge in [0.25, 0.3) is 17.2 Å². The highest BCUT2D eigenvalue weighted by Crippen LogP contribution is 2.24. The molecule has 1 aliphatic heterocycles. The topological polar surface area (TPSA) is 102 Å². The number of hydrogen-bond acceptors (Lipinski definition) is 6. The highest BCUT2D eigenvalue weighted by molar-refractivity contribution is 6.33. The van der Waals surface area contributed by atoms with Gasteiger partial charge in [-0.2, -0.15) is 9.78 Å². The molecule has 0 spiro atoms. The zero-order valence-electron chi connectivity index (χ0n) is 17.3. The maximum absolute atomic E-state index is 12.8. The van der Waals surface area contributed by atoms with Crippen molar-refractivity contribution < 1.29 is 9.72 Å². The largest absolute Gasteiger partial charge is 0.365 e. The molecule has 2 aromatic carbocycles. The molecule has 10 heteroatoms. The van der Waals surface area contributed by atoms with E-state index >= 15 is 0 Å². The molecule has 0 N–H and O–H groups in total. The third kappa shape index (κ3) is 4.06. The molecule has 32 heavy (non-hydrogen) atoms. The predicted octanol–water partition coefficient (Wildman–Crippen LogP) is 3.06. The molecular weight excluding hydrogens is 434 g/mol. The minimum absolute atomic E-state index is 0.0674. The van der Waals surface area contributed by atoms with Crippen LogP contribution in [-0.2, 0) is 0 Å². The fourth-order valence-electron chi connectivity index (χ4n) is 3.67. The number of amides is 1. The average Bonchev–Trinajstić information content (AvgIpc) is 2.81. The molecule has 0 saturated carbocycles. The lowest BCUT2D eigenvalue weighted by atomic mass is 10.1. The van der Waals surface area contributed by atoms with Gasteiger partial charge in [-0.15, -0.1) is 0 Å². The number of carbonyl (C=O) groups excluding carboxylic acids is 1. The van der Waals surface area contributed by atoms with E-state index in [-0.39, 0.29) is 22.2 Å². The van der Waals surface area contributed by atoms with Crippen LogP contribution in [-0.4, -0.2) is 51.7 Å². The van der Waals surface area contributed by atoms with E-state index in [4.69, 9.17) is 11.6 Å². The highest BCUT2D eigenvalue weighted by Gasteiger charge is 2.26. The first-order valence-electron chi connectivity index (χ1n) is 9.99. The van der Waals surface area contributed by atoms with Crippen LogP contribution < -0.4 is 10.5 Å². The van der Waals surface area contributed by atoms with E-state index in [0.29, 0.717) is 43.1 Å². The summed E-state index contributed by atoms with van der Waals surface area (Å²) in [5.41, 5.74) is 1.42. The van der Waals surface area contributed by atoms with Gasteiger partial charge in [-0.1, -0.05) is 35.9 Å². The Morgan fingerprint density at radius 3 is 2.44 bits per heavy atom. The second-order valence-corrected chi connectivity index (χ2v) is 7.81. The van der Waals surface area contributed by atoms with Gasteiger partial charge in [0.05, 0.1) is 22.5 Å². The number of carbonyl (C=O) groups is 1. The normalized spacial score (nSPS) is 13.8. The number of nitrogens with zero attached hydrogens (tertiary/aromatic N) is 5. The Labute approximate surface area is 188 Å². The van der Waals surface area contributed by atoms with Crippen molar-refractivity contribution in [1.29, 1.82) is 0 Å². The van der Waals surface area contributed by atoms with Crippen molar-refractivity contribution in [2.45, 2.75) is 6.92 Å². The van der Waals surface area contributed by atoms with Gasteiger partial charge >= 0.3 is 0 Å². The molecule has 1 fully saturated rings. The van der Waals surface area contributed by atoms with Crippen LogP contribution in [0.2, 0.25) is 5.02 Å². The van der Waals surface area contributed by atoms with Gasteiger partial charge in [0.2, 0.25) is 0 Å². The average molecular weight is 454 g/mol. The lowest BCUT2D eigenvalue weighted by Crippen LogP contribution is -2.49. The monoisotopic (exact) mass is 453 g/mol. The Kier molecular flexibility index (Phi) is 5.91. The van der Waals surface area contributed by atoms with E-state index < -0.39 is 10.5 Å². The van der Waals surface area contributed by atoms with Gasteiger partial charge in [0.1, 0.15) is 5.02 Å². The fourth-order valence-corrected chi connectivity index (χ4v) is 3.92. The molecule has 1 amide bonds. The van der Waals surface area contributed by atoms with E-state index in [9.17, 15) is 19.7 Å². The zero-order chi connectivity index (χ0) is 22.8. The van der Waals surface area contributed by atoms with E-state index in [0.717, 1.165) is 0 Å². The number of piperazine rings is 1. The lowest BCUT2D eigenvalue weighted by molar-refractivity contribution is -0.385. The van der Waals surface area contributed by atoms with Gasteiger partial charge in [-0.3, -0.25) is 19.7 Å². The summed E-state index contributed by atoms with van der Waals surface area (Å²) in [7, 11) is 0. The Balaban J connectivity index is 1.49. The van der Waals surface area contributed by atoms with E-state index in [1.54, 1.807) is 42.3 Å². The Morgan fingerprint density at radius 2 is 1.78 bits per heavy atom. The standard InChI is InChI=1S/C22H20ClN5O4/c1-15-7-8-16(13-18(15)28(31)32)21(29)26-11-9-25(10-12-26)19-14-24-27(22(30)20(19)23)17-5-3-2-4-6-17/h2-8,13-14H,9-12H2,1H3. The number of anilines is 1. The van der Waals surface area contributed by atoms with Gasteiger partial charge in [-0.25, -0.2) is 0 Å². The number of aryl methyl sites for hydroxylation is 1. The minimum atomic E-state index is -0.489. The number of hydrogen-bond donors (Lipinski definition) is 0. The molecule has 0 bridgehead atoms. The summed E-state index contributed by atoms with van der Waals surface area (Å²) >= 11 is 6.38. The van der Waals surface area contributed by atoms with Crippen molar-refractivity contribution in [3.63, 3.8) is 0 Å². The fraction of sp³-hybridized carbons (Fsp3) is 0.227. The molecule has 0 unspecified atom stereocenters. The predicted molar refractivity (Wildman–Crippen MR) is 121 cm³/mol. The van der Waals surface area contributed by atoms with Crippen LogP contribution >= 0.6 is 11.6 Å². The van der Waals surface area contributed by atoms with Crippen molar-refractivity contribution >= 4 is 28.9 Å². The summed E-state index contributed by atoms with van der Waals surface area (Å²) in [6.45, 7) is 3.32. The van der Waals surface area contributed by atoms with Gasteiger partial charge < -0.3 is 9.80 Å². The number of benzene rings is 2. The summed E-state index contributed by atoms with van der Waals surface area (Å²) in [5.74, 6) is -0.267. The van der Waals surface area contributed by atoms with Gasteiger partial charge in [0.15, 0.2) is 0 Å². The molecule has 0 atom stereocenters. The molecule has 4 rings (SSSR count). The molecule has 0 aliphatic carbocycles. The molecule has 164 valence electrons. The van der Waals surface area contributed by atoms with Crippen molar-refractivity contribution in [3.05, 3.63) is 91.3 Å². The molecule has 9 nitrogen and oxygen atoms in total. The number of rotatable bonds is 4. The van der Waals surface area contributed by atoms with Crippen LogP contribution in [0.1, 0.15) is 15.9 Å². The van der Waals surface area contributed by atoms with E-state index in [1.165, 1.54) is 10.7 Å². The van der Waals surface area contributed by atoms with Crippen LogP contribution in [0, 0.1) is 17.0 Å². The van der Waals surface area contributed by atoms with Gasteiger partial charge in [-0.05, 0) is 25.1 Å². The first kappa shape index (κ1) is 21.5. The first-order valence-corrected chi connectivity index (χ1v) is 10.4. The molecule has 2 heterocycles. The minimum Gasteiger partial charge on any atom is -0.365 e. The SMILES string of the molecule is Cc1ccc(C(=O)N2CCN(c3cnn(-c4ccccc4)c(=O)c3Cl)CC2)cc1[N+](=O)[O-]. The third-order valence-electron chi connectivity index (χ3n) is 5.46. The van der Waals surface area contributed by atoms with Crippen molar-refractivity contribution in [1.82, 2.24) is 14.7 Å². The van der Waals surface area contributed by atoms with Crippen LogP contribution in [0.25, 0.3) is 5.69 Å². The molecule has 1 saturated heterocycles. The van der Waals surface area contributed by atoms with Crippen molar-refractivity contribution in [2.75, 3.05) is 31.1 Å². The third-order valence-corrected chi connectivity index (χ3v) is 5.82. The Bertz CT molecular complexity index is 1240. The van der Waals surface area contributed by atoms with Crippen LogP contribution in [0.3, 0.4) is 0 Å². The van der Waals surface area contributed by atoms with E-state index in [1.807, 2.05) is 23.1 Å². The van der Waals surface area contributed by atoms with E-state index in [2.05, 4.69) is 5.10 Å². The molecule has 3 aromatic rings. The van der Waals surface area contributed by atoms with Crippen molar-refractivity contribution in [3.8, 4) is 5.69 Å². The maximum atomic E-state index is 12.8. The Morgan fingerprint density at radius 1 is 1.09 bits per heavy atom. The summed E-state index contributed by atoms with van der Waals surface area (Å²) in [6.07, 6.45) is 1.55. The molecule has 0 radical (unpaired) electrons. The summed E-state index contributed by atoms with van der Waals surface area (Å²) in [4.78, 5) is 39.8. The smallest absolute Gasteiger partial charge is 0.292 e. The summed E-state index contributed by atoms with van der Waals surface area (Å²) in [5, 5.41) is 15.5. The first-order chi connectivity index (χ1) is 15.4. The number of aromatic nitrogens is 2. The number of para-hydroxylation sites is 1. The number of nitro groups is 1. The highest BCUT2D eigenvalue weighted by atomic mass is 35.5. The summed E-state index contributed by atoms with van der Waals surface area (Å²) < 4.78 is 1.25. The lowest BCUT2D eigenvalue weighted by Gasteiger charge is -2.36. The number of nitro benzene ring substituents is 1. The zero-order valence-corrected chi connectivity index (χ0v) is 18.0. The van der Waals surface area contributed by atoms with Crippen LogP contribution in [0.5, 0.6) is 0 Å². The second kappa shape index (κ2) is 8.80. The molecule has 1 aromatic heterocycles. The van der Waals surface area contributed by atoms with Crippen LogP contribution in [0.15, 0.2) is 59.5 Å². The quantitative estimate of drug-likeness (QED) is 0.444. The van der Waals surface area contributed by atoms with Gasteiger partial charge in [0, 0.05) is 43.4 Å². The molecular formula is C22H20ClN5O4. The number of halogens is 1. The summed E-state index contributed by atoms with van der Waals surface area (Å²) in [6, 6.07) is 13.5.